The van der Waals surface area contributed by atoms with Gasteiger partial charge in [-0.3, -0.25) is 9.69 Å². The highest BCUT2D eigenvalue weighted by molar-refractivity contribution is 9.10. The number of carbonyl (C=O) groups excluding carboxylic acids is 1. The average Bonchev–Trinajstić information content (AvgIpc) is 3.31. The van der Waals surface area contributed by atoms with Gasteiger partial charge in [-0.05, 0) is 25.0 Å². The topological polar surface area (TPSA) is 51.7 Å². The van der Waals surface area contributed by atoms with Gasteiger partial charge in [0.05, 0.1) is 18.3 Å². The lowest BCUT2D eigenvalue weighted by Gasteiger charge is -2.23. The largest absolute Gasteiger partial charge is 0.411 e. The highest BCUT2D eigenvalue weighted by Crippen LogP contribution is 2.29. The number of benzene rings is 1. The molecule has 0 saturated carbocycles. The number of anilines is 1. The van der Waals surface area contributed by atoms with E-state index < -0.39 is 25.3 Å². The van der Waals surface area contributed by atoms with E-state index in [9.17, 15) is 18.0 Å². The maximum absolute atomic E-state index is 12.5. The van der Waals surface area contributed by atoms with Gasteiger partial charge in [-0.25, -0.2) is 4.98 Å². The van der Waals surface area contributed by atoms with Gasteiger partial charge in [0.15, 0.2) is 5.13 Å². The van der Waals surface area contributed by atoms with Gasteiger partial charge in [0.2, 0.25) is 0 Å². The van der Waals surface area contributed by atoms with E-state index in [1.807, 2.05) is 29.6 Å². The Labute approximate surface area is 172 Å². The van der Waals surface area contributed by atoms with Gasteiger partial charge < -0.3 is 9.47 Å². The van der Waals surface area contributed by atoms with Crippen molar-refractivity contribution >= 4 is 38.3 Å². The van der Waals surface area contributed by atoms with Gasteiger partial charge in [-0.2, -0.15) is 13.2 Å². The molecule has 0 aliphatic carbocycles. The van der Waals surface area contributed by atoms with Crippen molar-refractivity contribution in [2.75, 3.05) is 31.3 Å². The molecule has 1 unspecified atom stereocenters. The Bertz CT molecular complexity index is 792. The number of alkyl halides is 3. The molecule has 2 aromatic rings. The smallest absolute Gasteiger partial charge is 0.376 e. The molecule has 1 amide bonds. The number of carbonyl (C=O) groups is 1. The predicted molar refractivity (Wildman–Crippen MR) is 103 cm³/mol. The van der Waals surface area contributed by atoms with Crippen LogP contribution in [0.1, 0.15) is 12.8 Å². The molecular formula is C18H18BrF3N2O3S. The third-order valence-electron chi connectivity index (χ3n) is 4.07. The molecule has 152 valence electrons. The first-order valence-electron chi connectivity index (χ1n) is 8.60. The standard InChI is InChI=1S/C18H18BrF3N2O3S/c19-13-5-3-12(4-6-13)15-10-28-17(23-15)24(8-14-2-1-7-27-14)16(25)9-26-11-18(20,21)22/h3-6,10,14H,1-2,7-9,11H2. The van der Waals surface area contributed by atoms with Crippen molar-refractivity contribution in [2.45, 2.75) is 25.1 Å². The zero-order valence-electron chi connectivity index (χ0n) is 14.7. The van der Waals surface area contributed by atoms with Crippen LogP contribution in [0.2, 0.25) is 0 Å². The van der Waals surface area contributed by atoms with Gasteiger partial charge in [-0.15, -0.1) is 11.3 Å². The van der Waals surface area contributed by atoms with Gasteiger partial charge in [0.25, 0.3) is 5.91 Å². The van der Waals surface area contributed by atoms with E-state index in [2.05, 4.69) is 25.7 Å². The lowest BCUT2D eigenvalue weighted by molar-refractivity contribution is -0.175. The fraction of sp³-hybridized carbons (Fsp3) is 0.444. The van der Waals surface area contributed by atoms with Crippen molar-refractivity contribution < 1.29 is 27.4 Å². The van der Waals surface area contributed by atoms with E-state index in [-0.39, 0.29) is 12.6 Å². The molecule has 1 aliphatic heterocycles. The summed E-state index contributed by atoms with van der Waals surface area (Å²) in [6.45, 7) is -1.28. The van der Waals surface area contributed by atoms with Crippen molar-refractivity contribution in [2.24, 2.45) is 0 Å². The molecule has 10 heteroatoms. The first kappa shape index (κ1) is 21.2. The molecule has 5 nitrogen and oxygen atoms in total. The summed E-state index contributed by atoms with van der Waals surface area (Å²) >= 11 is 4.63. The molecule has 1 atom stereocenters. The molecule has 28 heavy (non-hydrogen) atoms. The highest BCUT2D eigenvalue weighted by Gasteiger charge is 2.30. The van der Waals surface area contributed by atoms with Crippen LogP contribution in [-0.2, 0) is 14.3 Å². The number of aromatic nitrogens is 1. The summed E-state index contributed by atoms with van der Waals surface area (Å²) in [5.41, 5.74) is 1.57. The maximum Gasteiger partial charge on any atom is 0.411 e. The third-order valence-corrected chi connectivity index (χ3v) is 5.46. The zero-order valence-corrected chi connectivity index (χ0v) is 17.1. The van der Waals surface area contributed by atoms with Crippen LogP contribution >= 0.6 is 27.3 Å². The normalized spacial score (nSPS) is 17.1. The second-order valence-electron chi connectivity index (χ2n) is 6.27. The number of hydrogen-bond donors (Lipinski definition) is 0. The van der Waals surface area contributed by atoms with E-state index in [1.54, 1.807) is 0 Å². The molecule has 0 spiro atoms. The number of rotatable bonds is 7. The van der Waals surface area contributed by atoms with E-state index in [0.717, 1.165) is 22.9 Å². The van der Waals surface area contributed by atoms with Gasteiger partial charge >= 0.3 is 6.18 Å². The molecule has 2 heterocycles. The van der Waals surface area contributed by atoms with Crippen molar-refractivity contribution in [3.8, 4) is 11.3 Å². The fourth-order valence-electron chi connectivity index (χ4n) is 2.75. The van der Waals surface area contributed by atoms with Crippen LogP contribution in [0.3, 0.4) is 0 Å². The number of hydrogen-bond acceptors (Lipinski definition) is 5. The average molecular weight is 479 g/mol. The second kappa shape index (κ2) is 9.34. The second-order valence-corrected chi connectivity index (χ2v) is 8.02. The molecule has 0 N–H and O–H groups in total. The number of amides is 1. The van der Waals surface area contributed by atoms with Crippen LogP contribution in [0.4, 0.5) is 18.3 Å². The SMILES string of the molecule is O=C(COCC(F)(F)F)N(CC1CCCO1)c1nc(-c2ccc(Br)cc2)cs1. The zero-order chi connectivity index (χ0) is 20.1. The summed E-state index contributed by atoms with van der Waals surface area (Å²) in [5.74, 6) is -0.573. The fourth-order valence-corrected chi connectivity index (χ4v) is 3.88. The van der Waals surface area contributed by atoms with E-state index in [4.69, 9.17) is 4.74 Å². The molecular weight excluding hydrogens is 461 g/mol. The number of nitrogens with zero attached hydrogens (tertiary/aromatic N) is 2. The minimum absolute atomic E-state index is 0.161. The van der Waals surface area contributed by atoms with Crippen LogP contribution < -0.4 is 4.90 Å². The van der Waals surface area contributed by atoms with Gasteiger partial charge in [0.1, 0.15) is 13.2 Å². The van der Waals surface area contributed by atoms with Crippen molar-refractivity contribution in [1.29, 1.82) is 0 Å². The molecule has 3 rings (SSSR count). The Hall–Kier alpha value is -1.49. The molecule has 1 fully saturated rings. The molecule has 1 aliphatic rings. The number of thiazole rings is 1. The Morgan fingerprint density at radius 2 is 2.11 bits per heavy atom. The molecule has 1 saturated heterocycles. The van der Waals surface area contributed by atoms with Gasteiger partial charge in [-0.1, -0.05) is 28.1 Å². The summed E-state index contributed by atoms with van der Waals surface area (Å²) in [6.07, 6.45) is -2.96. The summed E-state index contributed by atoms with van der Waals surface area (Å²) < 4.78 is 47.9. The Morgan fingerprint density at radius 3 is 2.75 bits per heavy atom. The predicted octanol–water partition coefficient (Wildman–Crippen LogP) is 4.66. The Morgan fingerprint density at radius 1 is 1.36 bits per heavy atom. The summed E-state index contributed by atoms with van der Waals surface area (Å²) in [4.78, 5) is 18.4. The lowest BCUT2D eigenvalue weighted by Crippen LogP contribution is -2.40. The number of halogens is 4. The molecule has 1 aromatic carbocycles. The molecule has 0 radical (unpaired) electrons. The van der Waals surface area contributed by atoms with Crippen LogP contribution in [0.5, 0.6) is 0 Å². The third kappa shape index (κ3) is 6.00. The number of ether oxygens (including phenoxy) is 2. The first-order chi connectivity index (χ1) is 13.3. The molecule has 0 bridgehead atoms. The highest BCUT2D eigenvalue weighted by atomic mass is 79.9. The Balaban J connectivity index is 1.74. The monoisotopic (exact) mass is 478 g/mol. The van der Waals surface area contributed by atoms with E-state index >= 15 is 0 Å². The van der Waals surface area contributed by atoms with E-state index in [0.29, 0.717) is 17.4 Å². The van der Waals surface area contributed by atoms with E-state index in [1.165, 1.54) is 16.2 Å². The first-order valence-corrected chi connectivity index (χ1v) is 10.3. The molecule has 1 aromatic heterocycles. The quantitative estimate of drug-likeness (QED) is 0.580. The van der Waals surface area contributed by atoms with Crippen LogP contribution in [-0.4, -0.2) is 49.5 Å². The summed E-state index contributed by atoms with van der Waals surface area (Å²) in [7, 11) is 0. The minimum Gasteiger partial charge on any atom is -0.376 e. The maximum atomic E-state index is 12.5. The van der Waals surface area contributed by atoms with Crippen molar-refractivity contribution in [3.05, 3.63) is 34.1 Å². The van der Waals surface area contributed by atoms with Crippen molar-refractivity contribution in [3.63, 3.8) is 0 Å². The lowest BCUT2D eigenvalue weighted by atomic mass is 10.2. The van der Waals surface area contributed by atoms with Gasteiger partial charge in [0, 0.05) is 22.0 Å². The van der Waals surface area contributed by atoms with Crippen molar-refractivity contribution in [1.82, 2.24) is 4.98 Å². The summed E-state index contributed by atoms with van der Waals surface area (Å²) in [6, 6.07) is 7.55. The van der Waals surface area contributed by atoms with Crippen LogP contribution in [0.15, 0.2) is 34.1 Å². The minimum atomic E-state index is -4.48. The van der Waals surface area contributed by atoms with Crippen LogP contribution in [0.25, 0.3) is 11.3 Å². The van der Waals surface area contributed by atoms with Crippen LogP contribution in [0, 0.1) is 0 Å². The Kier molecular flexibility index (Phi) is 7.08. The summed E-state index contributed by atoms with van der Waals surface area (Å²) in [5, 5.41) is 2.22.